The monoisotopic (exact) mass is 346 g/mol. The molecule has 0 fully saturated rings. The highest BCUT2D eigenvalue weighted by molar-refractivity contribution is 7.14. The fourth-order valence-electron chi connectivity index (χ4n) is 1.92. The molecule has 0 aliphatic carbocycles. The van der Waals surface area contributed by atoms with E-state index >= 15 is 0 Å². The summed E-state index contributed by atoms with van der Waals surface area (Å²) in [6.45, 7) is 2.08. The van der Waals surface area contributed by atoms with Gasteiger partial charge in [-0.1, -0.05) is 18.2 Å². The number of carbonyl (C=O) groups is 2. The summed E-state index contributed by atoms with van der Waals surface area (Å²) in [5.74, 6) is 0.0437. The molecule has 1 N–H and O–H groups in total. The number of nitrogens with zero attached hydrogens (tertiary/aromatic N) is 1. The number of hydrogen-bond donors (Lipinski definition) is 1. The number of nitrogens with one attached hydrogen (secondary N) is 1. The summed E-state index contributed by atoms with van der Waals surface area (Å²) in [4.78, 5) is 27.5. The smallest absolute Gasteiger partial charge is 0.311 e. The zero-order valence-corrected chi connectivity index (χ0v) is 14.3. The van der Waals surface area contributed by atoms with E-state index in [-0.39, 0.29) is 18.3 Å². The van der Waals surface area contributed by atoms with Crippen LogP contribution >= 0.6 is 11.3 Å². The predicted molar refractivity (Wildman–Crippen MR) is 93.1 cm³/mol. The van der Waals surface area contributed by atoms with Gasteiger partial charge in [0.1, 0.15) is 5.75 Å². The molecule has 0 saturated heterocycles. The van der Waals surface area contributed by atoms with Crippen molar-refractivity contribution in [2.24, 2.45) is 0 Å². The molecule has 0 saturated carbocycles. The molecule has 1 aromatic carbocycles. The van der Waals surface area contributed by atoms with Crippen LogP contribution in [-0.2, 0) is 20.7 Å². The minimum atomic E-state index is -0.336. The van der Waals surface area contributed by atoms with E-state index in [2.05, 4.69) is 10.3 Å². The Bertz CT molecular complexity index is 740. The molecule has 0 spiro atoms. The van der Waals surface area contributed by atoms with Crippen LogP contribution in [0, 0.1) is 0 Å². The molecule has 0 unspecified atom stereocenters. The average molecular weight is 346 g/mol. The van der Waals surface area contributed by atoms with Crippen LogP contribution in [0.4, 0.5) is 5.13 Å². The summed E-state index contributed by atoms with van der Waals surface area (Å²) in [7, 11) is 1.58. The molecule has 0 aliphatic heterocycles. The molecule has 2 rings (SSSR count). The van der Waals surface area contributed by atoms with Crippen LogP contribution < -0.4 is 10.1 Å². The highest BCUT2D eigenvalue weighted by atomic mass is 32.1. The topological polar surface area (TPSA) is 77.5 Å². The van der Waals surface area contributed by atoms with Gasteiger partial charge < -0.3 is 9.47 Å². The number of carbonyl (C=O) groups excluding carboxylic acids is 2. The number of ether oxygens (including phenoxy) is 2. The molecule has 1 aromatic heterocycles. The number of methoxy groups -OCH3 is 1. The molecule has 0 atom stereocenters. The van der Waals surface area contributed by atoms with Crippen molar-refractivity contribution in [3.8, 4) is 5.75 Å². The fraction of sp³-hybridized carbons (Fsp3) is 0.235. The number of benzene rings is 1. The number of rotatable bonds is 7. The van der Waals surface area contributed by atoms with Crippen LogP contribution in [0.25, 0.3) is 6.08 Å². The number of thiazole rings is 1. The zero-order chi connectivity index (χ0) is 17.4. The number of anilines is 1. The first-order chi connectivity index (χ1) is 11.6. The number of aromatic nitrogens is 1. The van der Waals surface area contributed by atoms with Crippen LogP contribution in [-0.4, -0.2) is 30.6 Å². The molecular weight excluding hydrogens is 328 g/mol. The van der Waals surface area contributed by atoms with Crippen molar-refractivity contribution in [1.29, 1.82) is 0 Å². The second kappa shape index (κ2) is 8.83. The molecule has 126 valence electrons. The molecular formula is C17H18N2O4S. The van der Waals surface area contributed by atoms with Crippen LogP contribution in [0.2, 0.25) is 0 Å². The van der Waals surface area contributed by atoms with Gasteiger partial charge in [0.05, 0.1) is 25.8 Å². The molecule has 2 aromatic rings. The van der Waals surface area contributed by atoms with E-state index in [0.717, 1.165) is 5.56 Å². The molecule has 6 nitrogen and oxygen atoms in total. The largest absolute Gasteiger partial charge is 0.496 e. The van der Waals surface area contributed by atoms with E-state index in [1.807, 2.05) is 24.3 Å². The summed E-state index contributed by atoms with van der Waals surface area (Å²) in [6.07, 6.45) is 3.17. The Kier molecular flexibility index (Phi) is 6.51. The van der Waals surface area contributed by atoms with E-state index in [4.69, 9.17) is 9.47 Å². The highest BCUT2D eigenvalue weighted by Crippen LogP contribution is 2.19. The average Bonchev–Trinajstić information content (AvgIpc) is 3.00. The second-order valence-corrected chi connectivity index (χ2v) is 5.55. The maximum absolute atomic E-state index is 12.0. The maximum atomic E-state index is 12.0. The first kappa shape index (κ1) is 17.7. The standard InChI is InChI=1S/C17H18N2O4S/c1-3-23-16(21)10-13-11-24-17(18-13)19-15(20)9-8-12-6-4-5-7-14(12)22-2/h4-9,11H,3,10H2,1-2H3,(H,18,19,20)/b9-8+. The number of esters is 1. The molecule has 0 bridgehead atoms. The lowest BCUT2D eigenvalue weighted by atomic mass is 10.2. The summed E-state index contributed by atoms with van der Waals surface area (Å²) in [5.41, 5.74) is 1.37. The molecule has 1 amide bonds. The van der Waals surface area contributed by atoms with Gasteiger partial charge in [-0.3, -0.25) is 14.9 Å². The summed E-state index contributed by atoms with van der Waals surface area (Å²) in [6, 6.07) is 7.39. The molecule has 1 heterocycles. The van der Waals surface area contributed by atoms with Crippen molar-refractivity contribution in [3.05, 3.63) is 47.0 Å². The lowest BCUT2D eigenvalue weighted by molar-refractivity contribution is -0.142. The van der Waals surface area contributed by atoms with Gasteiger partial charge in [-0.15, -0.1) is 11.3 Å². The van der Waals surface area contributed by atoms with Crippen LogP contribution in [0.15, 0.2) is 35.7 Å². The number of para-hydroxylation sites is 1. The van der Waals surface area contributed by atoms with Gasteiger partial charge in [0, 0.05) is 17.0 Å². The first-order valence-electron chi connectivity index (χ1n) is 7.34. The minimum absolute atomic E-state index is 0.0945. The lowest BCUT2D eigenvalue weighted by Gasteiger charge is -2.03. The third-order valence-electron chi connectivity index (χ3n) is 2.97. The Morgan fingerprint density at radius 2 is 2.12 bits per heavy atom. The van der Waals surface area contributed by atoms with Gasteiger partial charge in [0.15, 0.2) is 5.13 Å². The zero-order valence-electron chi connectivity index (χ0n) is 13.4. The van der Waals surface area contributed by atoms with E-state index < -0.39 is 0 Å². The van der Waals surface area contributed by atoms with Crippen LogP contribution in [0.5, 0.6) is 5.75 Å². The van der Waals surface area contributed by atoms with Gasteiger partial charge in [-0.05, 0) is 19.1 Å². The molecule has 0 aliphatic rings. The van der Waals surface area contributed by atoms with E-state index in [1.165, 1.54) is 17.4 Å². The van der Waals surface area contributed by atoms with Crippen molar-refractivity contribution >= 4 is 34.4 Å². The van der Waals surface area contributed by atoms with E-state index in [0.29, 0.717) is 23.2 Å². The second-order valence-electron chi connectivity index (χ2n) is 4.69. The third-order valence-corrected chi connectivity index (χ3v) is 3.77. The summed E-state index contributed by atoms with van der Waals surface area (Å²) < 4.78 is 10.1. The Morgan fingerprint density at radius 1 is 1.33 bits per heavy atom. The number of hydrogen-bond acceptors (Lipinski definition) is 6. The van der Waals surface area contributed by atoms with Crippen molar-refractivity contribution in [1.82, 2.24) is 4.98 Å². The highest BCUT2D eigenvalue weighted by Gasteiger charge is 2.09. The lowest BCUT2D eigenvalue weighted by Crippen LogP contribution is -2.09. The van der Waals surface area contributed by atoms with Crippen LogP contribution in [0.3, 0.4) is 0 Å². The van der Waals surface area contributed by atoms with Crippen molar-refractivity contribution in [2.45, 2.75) is 13.3 Å². The fourth-order valence-corrected chi connectivity index (χ4v) is 2.64. The van der Waals surface area contributed by atoms with Gasteiger partial charge in [-0.2, -0.15) is 0 Å². The van der Waals surface area contributed by atoms with Gasteiger partial charge >= 0.3 is 5.97 Å². The molecule has 0 radical (unpaired) electrons. The van der Waals surface area contributed by atoms with Crippen molar-refractivity contribution < 1.29 is 19.1 Å². The quantitative estimate of drug-likeness (QED) is 0.616. The number of amides is 1. The molecule has 24 heavy (non-hydrogen) atoms. The predicted octanol–water partition coefficient (Wildman–Crippen LogP) is 2.91. The first-order valence-corrected chi connectivity index (χ1v) is 8.22. The SMILES string of the molecule is CCOC(=O)Cc1csc(NC(=O)/C=C/c2ccccc2OC)n1. The Balaban J connectivity index is 1.94. The Hall–Kier alpha value is -2.67. The third kappa shape index (κ3) is 5.20. The van der Waals surface area contributed by atoms with Gasteiger partial charge in [-0.25, -0.2) is 4.98 Å². The van der Waals surface area contributed by atoms with Crippen molar-refractivity contribution in [3.63, 3.8) is 0 Å². The normalized spacial score (nSPS) is 10.6. The minimum Gasteiger partial charge on any atom is -0.496 e. The van der Waals surface area contributed by atoms with Crippen molar-refractivity contribution in [2.75, 3.05) is 19.0 Å². The molecule has 7 heteroatoms. The maximum Gasteiger partial charge on any atom is 0.311 e. The van der Waals surface area contributed by atoms with Gasteiger partial charge in [0.2, 0.25) is 5.91 Å². The Morgan fingerprint density at radius 3 is 2.88 bits per heavy atom. The Labute approximate surface area is 144 Å². The van der Waals surface area contributed by atoms with E-state index in [9.17, 15) is 9.59 Å². The summed E-state index contributed by atoms with van der Waals surface area (Å²) in [5, 5.41) is 4.82. The summed E-state index contributed by atoms with van der Waals surface area (Å²) >= 11 is 1.26. The van der Waals surface area contributed by atoms with Gasteiger partial charge in [0.25, 0.3) is 0 Å². The van der Waals surface area contributed by atoms with Crippen LogP contribution in [0.1, 0.15) is 18.2 Å². The van der Waals surface area contributed by atoms with E-state index in [1.54, 1.807) is 25.5 Å².